The Labute approximate surface area is 130 Å². The zero-order chi connectivity index (χ0) is 13.8. The van der Waals surface area contributed by atoms with Gasteiger partial charge < -0.3 is 0 Å². The minimum absolute atomic E-state index is 1.15. The fourth-order valence-corrected chi connectivity index (χ4v) is 0.975. The van der Waals surface area contributed by atoms with Gasteiger partial charge in [0.05, 0.1) is 13.6 Å². The molecule has 1 aromatic heterocycles. The van der Waals surface area contributed by atoms with Crippen molar-refractivity contribution in [3.8, 4) is 0 Å². The van der Waals surface area contributed by atoms with Gasteiger partial charge in [0.15, 0.2) is 0 Å². The van der Waals surface area contributed by atoms with E-state index in [0.717, 1.165) is 6.54 Å². The molecule has 1 aromatic rings. The molecule has 104 valence electrons. The fourth-order valence-electron chi connectivity index (χ4n) is 0.975. The van der Waals surface area contributed by atoms with Crippen LogP contribution < -0.4 is 4.57 Å². The molecule has 1 heterocycles. The van der Waals surface area contributed by atoms with E-state index in [4.69, 9.17) is 67.4 Å². The molecular weight excluding hydrogens is 368 g/mol. The van der Waals surface area contributed by atoms with Crippen LogP contribution in [-0.4, -0.2) is 4.57 Å². The van der Waals surface area contributed by atoms with E-state index in [2.05, 4.69) is 34.8 Å². The monoisotopic (exact) mass is 380 g/mol. The topological polar surface area (TPSA) is 8.81 Å². The zero-order valence-corrected chi connectivity index (χ0v) is 14.9. The van der Waals surface area contributed by atoms with Gasteiger partial charge in [-0.2, -0.15) is 0 Å². The predicted molar refractivity (Wildman–Crippen MR) is 82.6 cm³/mol. The van der Waals surface area contributed by atoms with E-state index in [1.165, 1.54) is 12.8 Å². The van der Waals surface area contributed by atoms with Crippen molar-refractivity contribution in [1.29, 1.82) is 0 Å². The Kier molecular flexibility index (Phi) is 6.26. The Morgan fingerprint density at radius 3 is 1.88 bits per heavy atom. The number of nitrogens with zero attached hydrogens (tertiary/aromatic N) is 2. The van der Waals surface area contributed by atoms with Crippen LogP contribution in [0.1, 0.15) is 19.8 Å². The molecule has 0 amide bonds. The van der Waals surface area contributed by atoms with Crippen molar-refractivity contribution in [2.75, 3.05) is 0 Å². The summed E-state index contributed by atoms with van der Waals surface area (Å²) in [5.41, 5.74) is 0. The van der Waals surface area contributed by atoms with Crippen LogP contribution >= 0.6 is 69.5 Å². The van der Waals surface area contributed by atoms with Crippen LogP contribution in [0.4, 0.5) is 0 Å². The van der Waals surface area contributed by atoms with E-state index in [1.54, 1.807) is 0 Å². The average molecular weight is 383 g/mol. The number of aromatic nitrogens is 2. The first-order valence-corrected chi connectivity index (χ1v) is 13.0. The van der Waals surface area contributed by atoms with Crippen molar-refractivity contribution in [2.24, 2.45) is 7.05 Å². The maximum atomic E-state index is 5.00. The summed E-state index contributed by atoms with van der Waals surface area (Å²) >= 11 is 30.0. The number of hydrogen-bond acceptors (Lipinski definition) is 0. The first-order chi connectivity index (χ1) is 7.28. The van der Waals surface area contributed by atoms with Gasteiger partial charge in [0.25, 0.3) is 0 Å². The predicted octanol–water partition coefficient (Wildman–Crippen LogP) is 6.11. The number of hydrogen-bond donors (Lipinski definition) is 0. The average Bonchev–Trinajstić information content (AvgIpc) is 2.42. The first-order valence-electron chi connectivity index (χ1n) is 4.85. The Balaban J connectivity index is 0.000000325. The summed E-state index contributed by atoms with van der Waals surface area (Å²) in [6, 6.07) is 0. The van der Waals surface area contributed by atoms with E-state index >= 15 is 0 Å². The molecular formula is C8H15Cl6N2P. The van der Waals surface area contributed by atoms with Crippen LogP contribution in [0.2, 0.25) is 0 Å². The summed E-state index contributed by atoms with van der Waals surface area (Å²) in [7, 11) is 2.04. The van der Waals surface area contributed by atoms with Crippen molar-refractivity contribution in [3.63, 3.8) is 0 Å². The normalized spacial score (nSPS) is 15.5. The molecule has 0 radical (unpaired) electrons. The molecule has 0 unspecified atom stereocenters. The van der Waals surface area contributed by atoms with Crippen LogP contribution in [-0.2, 0) is 13.6 Å². The summed E-state index contributed by atoms with van der Waals surface area (Å²) in [5.74, 6) is 0. The van der Waals surface area contributed by atoms with Crippen molar-refractivity contribution >= 4 is 69.5 Å². The Morgan fingerprint density at radius 1 is 1.12 bits per heavy atom. The third-order valence-corrected chi connectivity index (χ3v) is 1.59. The van der Waals surface area contributed by atoms with Crippen molar-refractivity contribution < 1.29 is 4.57 Å². The van der Waals surface area contributed by atoms with Crippen LogP contribution in [0.25, 0.3) is 0 Å². The zero-order valence-electron chi connectivity index (χ0n) is 9.46. The summed E-state index contributed by atoms with van der Waals surface area (Å²) in [6.07, 6.45) is 8.82. The molecule has 0 spiro atoms. The van der Waals surface area contributed by atoms with E-state index in [1.807, 2.05) is 7.05 Å². The summed E-state index contributed by atoms with van der Waals surface area (Å²) < 4.78 is -0.547. The van der Waals surface area contributed by atoms with Gasteiger partial charge in [-0.25, -0.2) is 9.13 Å². The van der Waals surface area contributed by atoms with Gasteiger partial charge in [0.1, 0.15) is 12.4 Å². The molecule has 0 aliphatic rings. The summed E-state index contributed by atoms with van der Waals surface area (Å²) in [5, 5.41) is 0. The maximum absolute atomic E-state index is 5.00. The van der Waals surface area contributed by atoms with Crippen LogP contribution in [0.3, 0.4) is 0 Å². The molecule has 1 rings (SSSR count). The van der Waals surface area contributed by atoms with Gasteiger partial charge in [-0.1, -0.05) is 13.3 Å². The molecule has 0 N–H and O–H groups in total. The molecule has 0 saturated carbocycles. The van der Waals surface area contributed by atoms with Gasteiger partial charge >= 0.3 is 69.5 Å². The first kappa shape index (κ1) is 18.4. The minimum atomic E-state index is -4.82. The van der Waals surface area contributed by atoms with Crippen molar-refractivity contribution in [1.82, 2.24) is 4.57 Å². The molecule has 0 aliphatic heterocycles. The molecule has 0 atom stereocenters. The third-order valence-electron chi connectivity index (χ3n) is 1.59. The Bertz CT molecular complexity index is 343. The summed E-state index contributed by atoms with van der Waals surface area (Å²) in [6.45, 7) is 3.36. The van der Waals surface area contributed by atoms with Crippen LogP contribution in [0.15, 0.2) is 18.7 Å². The molecule has 2 nitrogen and oxygen atoms in total. The van der Waals surface area contributed by atoms with Crippen LogP contribution in [0, 0.1) is 0 Å². The molecule has 0 bridgehead atoms. The van der Waals surface area contributed by atoms with Gasteiger partial charge in [0.2, 0.25) is 6.33 Å². The SMILES string of the molecule is CCCCn1cc[n+](C)c1.Cl[P-](Cl)(Cl)(Cl)(Cl)Cl. The number of imidazole rings is 1. The van der Waals surface area contributed by atoms with Gasteiger partial charge in [-0.3, -0.25) is 0 Å². The second kappa shape index (κ2) is 5.79. The fraction of sp³-hybridized carbons (Fsp3) is 0.625. The molecule has 0 aromatic carbocycles. The van der Waals surface area contributed by atoms with Gasteiger partial charge in [0, 0.05) is 0 Å². The Hall–Kier alpha value is 1.38. The second-order valence-corrected chi connectivity index (χ2v) is 28.5. The number of halogens is 6. The molecule has 17 heavy (non-hydrogen) atoms. The van der Waals surface area contributed by atoms with Crippen molar-refractivity contribution in [3.05, 3.63) is 18.7 Å². The molecule has 9 heteroatoms. The molecule has 0 aliphatic carbocycles. The molecule has 0 fully saturated rings. The van der Waals surface area contributed by atoms with E-state index in [0.29, 0.717) is 0 Å². The second-order valence-electron chi connectivity index (χ2n) is 3.63. The molecule has 0 saturated heterocycles. The van der Waals surface area contributed by atoms with E-state index in [9.17, 15) is 0 Å². The Morgan fingerprint density at radius 2 is 1.59 bits per heavy atom. The number of rotatable bonds is 3. The quantitative estimate of drug-likeness (QED) is 0.440. The van der Waals surface area contributed by atoms with E-state index < -0.39 is 2.06 Å². The standard InChI is InChI=1S/C8H15N2.Cl6P/c1-3-4-5-10-7-6-9(2)8-10;1-7(2,3,4,5)6/h6-8H,3-5H2,1-2H3;/q+1;-1. The van der Waals surface area contributed by atoms with Gasteiger partial charge in [-0.15, -0.1) is 0 Å². The number of unbranched alkanes of at least 4 members (excludes halogenated alkanes) is 1. The third kappa shape index (κ3) is 19.9. The van der Waals surface area contributed by atoms with Gasteiger partial charge in [-0.05, 0) is 6.42 Å². The van der Waals surface area contributed by atoms with Crippen molar-refractivity contribution in [2.45, 2.75) is 26.3 Å². The number of aryl methyl sites for hydroxylation is 2. The van der Waals surface area contributed by atoms with Crippen LogP contribution in [0.5, 0.6) is 0 Å². The van der Waals surface area contributed by atoms with E-state index in [-0.39, 0.29) is 0 Å². The summed E-state index contributed by atoms with van der Waals surface area (Å²) in [4.78, 5) is 0.